The molecule has 0 N–H and O–H groups in total. The summed E-state index contributed by atoms with van der Waals surface area (Å²) in [6.07, 6.45) is 5.90. The number of thiophene rings is 1. The number of imidazole rings is 1. The van der Waals surface area contributed by atoms with Gasteiger partial charge >= 0.3 is 0 Å². The van der Waals surface area contributed by atoms with E-state index in [2.05, 4.69) is 33.8 Å². The van der Waals surface area contributed by atoms with Crippen molar-refractivity contribution in [2.75, 3.05) is 12.4 Å². The summed E-state index contributed by atoms with van der Waals surface area (Å²) < 4.78 is 8.16. The van der Waals surface area contributed by atoms with Crippen molar-refractivity contribution in [1.29, 1.82) is 0 Å². The van der Waals surface area contributed by atoms with Crippen molar-refractivity contribution in [2.24, 2.45) is 0 Å². The van der Waals surface area contributed by atoms with Gasteiger partial charge in [-0.1, -0.05) is 48.2 Å². The monoisotopic (exact) mass is 412 g/mol. The van der Waals surface area contributed by atoms with Crippen molar-refractivity contribution in [2.45, 2.75) is 43.5 Å². The lowest BCUT2D eigenvalue weighted by atomic mass is 10.1. The molecule has 4 rings (SSSR count). The summed E-state index contributed by atoms with van der Waals surface area (Å²) in [5, 5.41) is 2.97. The van der Waals surface area contributed by atoms with Crippen LogP contribution >= 0.6 is 23.1 Å². The molecule has 1 aromatic carbocycles. The Morgan fingerprint density at radius 3 is 2.89 bits per heavy atom. The van der Waals surface area contributed by atoms with Crippen LogP contribution < -0.4 is 0 Å². The van der Waals surface area contributed by atoms with Crippen LogP contribution in [0.25, 0.3) is 11.3 Å². The second kappa shape index (κ2) is 9.54. The molecule has 4 nitrogen and oxygen atoms in total. The topological polar surface area (TPSA) is 44.1 Å². The Kier molecular flexibility index (Phi) is 6.62. The van der Waals surface area contributed by atoms with Gasteiger partial charge in [-0.15, -0.1) is 11.3 Å². The number of rotatable bonds is 9. The van der Waals surface area contributed by atoms with E-state index >= 15 is 0 Å². The van der Waals surface area contributed by atoms with E-state index < -0.39 is 0 Å². The molecule has 1 saturated heterocycles. The minimum absolute atomic E-state index is 0.239. The first-order valence-electron chi connectivity index (χ1n) is 9.73. The third kappa shape index (κ3) is 4.74. The van der Waals surface area contributed by atoms with Crippen LogP contribution in [0.15, 0.2) is 59.2 Å². The number of hydrogen-bond acceptors (Lipinski definition) is 5. The molecule has 1 fully saturated rings. The van der Waals surface area contributed by atoms with Gasteiger partial charge in [-0.3, -0.25) is 4.79 Å². The van der Waals surface area contributed by atoms with Gasteiger partial charge in [-0.25, -0.2) is 4.98 Å². The molecule has 0 saturated carbocycles. The van der Waals surface area contributed by atoms with Crippen molar-refractivity contribution < 1.29 is 9.53 Å². The minimum atomic E-state index is 0.239. The van der Waals surface area contributed by atoms with E-state index in [1.165, 1.54) is 16.9 Å². The molecule has 1 atom stereocenters. The Morgan fingerprint density at radius 2 is 2.14 bits per heavy atom. The standard InChI is InChI=1S/C22H24N2O2S2/c25-20(21-11-6-13-27-21)10-5-14-28-22-23-15-19(17-7-2-1-3-8-17)24(22)16-18-9-4-12-26-18/h1-3,6-8,11,13,15,18H,4-5,9-10,12,14,16H2/t18-/m1/s1. The van der Waals surface area contributed by atoms with E-state index in [1.807, 2.05) is 29.8 Å². The normalized spacial score (nSPS) is 16.5. The molecule has 0 unspecified atom stereocenters. The fraction of sp³-hybridized carbons (Fsp3) is 0.364. The third-order valence-corrected chi connectivity index (χ3v) is 6.86. The van der Waals surface area contributed by atoms with Crippen LogP contribution in [0.3, 0.4) is 0 Å². The smallest absolute Gasteiger partial charge is 0.172 e. The third-order valence-electron chi connectivity index (χ3n) is 4.87. The number of ether oxygens (including phenoxy) is 1. The van der Waals surface area contributed by atoms with Crippen LogP contribution in [0.2, 0.25) is 0 Å². The highest BCUT2D eigenvalue weighted by Gasteiger charge is 2.20. The average Bonchev–Trinajstić information content (AvgIpc) is 3.49. The molecule has 146 valence electrons. The minimum Gasteiger partial charge on any atom is -0.376 e. The molecule has 0 spiro atoms. The number of thioether (sulfide) groups is 1. The van der Waals surface area contributed by atoms with Crippen LogP contribution in [0, 0.1) is 0 Å². The Hall–Kier alpha value is -1.89. The van der Waals surface area contributed by atoms with Crippen molar-refractivity contribution in [3.05, 3.63) is 58.9 Å². The van der Waals surface area contributed by atoms with Gasteiger partial charge in [0, 0.05) is 18.8 Å². The maximum absolute atomic E-state index is 12.2. The van der Waals surface area contributed by atoms with Crippen LogP contribution in [-0.4, -0.2) is 33.8 Å². The van der Waals surface area contributed by atoms with Gasteiger partial charge in [0.2, 0.25) is 0 Å². The zero-order valence-electron chi connectivity index (χ0n) is 15.8. The van der Waals surface area contributed by atoms with Crippen LogP contribution in [-0.2, 0) is 11.3 Å². The fourth-order valence-electron chi connectivity index (χ4n) is 3.44. The van der Waals surface area contributed by atoms with E-state index in [4.69, 9.17) is 4.74 Å². The number of ketones is 1. The maximum Gasteiger partial charge on any atom is 0.172 e. The number of carbonyl (C=O) groups excluding carboxylic acids is 1. The van der Waals surface area contributed by atoms with Crippen LogP contribution in [0.4, 0.5) is 0 Å². The zero-order valence-corrected chi connectivity index (χ0v) is 17.4. The van der Waals surface area contributed by atoms with Gasteiger partial charge < -0.3 is 9.30 Å². The Bertz CT molecular complexity index is 885. The predicted molar refractivity (Wildman–Crippen MR) is 115 cm³/mol. The Morgan fingerprint density at radius 1 is 1.25 bits per heavy atom. The number of nitrogens with zero attached hydrogens (tertiary/aromatic N) is 2. The molecule has 28 heavy (non-hydrogen) atoms. The second-order valence-electron chi connectivity index (χ2n) is 6.89. The van der Waals surface area contributed by atoms with E-state index in [0.29, 0.717) is 6.42 Å². The SMILES string of the molecule is O=C(CCCSc1ncc(-c2ccccc2)n1C[C@H]1CCCO1)c1cccs1. The highest BCUT2D eigenvalue weighted by atomic mass is 32.2. The van der Waals surface area contributed by atoms with Gasteiger partial charge in [0.1, 0.15) is 0 Å². The molecular weight excluding hydrogens is 388 g/mol. The van der Waals surface area contributed by atoms with Gasteiger partial charge in [0.15, 0.2) is 10.9 Å². The molecule has 1 aliphatic rings. The lowest BCUT2D eigenvalue weighted by Gasteiger charge is -2.16. The summed E-state index contributed by atoms with van der Waals surface area (Å²) >= 11 is 3.25. The van der Waals surface area contributed by atoms with E-state index in [1.54, 1.807) is 11.8 Å². The predicted octanol–water partition coefficient (Wildman–Crippen LogP) is 5.55. The first kappa shape index (κ1) is 19.4. The van der Waals surface area contributed by atoms with Gasteiger partial charge in [0.25, 0.3) is 0 Å². The number of carbonyl (C=O) groups is 1. The quantitative estimate of drug-likeness (QED) is 0.263. The summed E-state index contributed by atoms with van der Waals surface area (Å²) in [7, 11) is 0. The first-order valence-corrected chi connectivity index (χ1v) is 11.6. The molecule has 6 heteroatoms. The lowest BCUT2D eigenvalue weighted by molar-refractivity contribution is 0.0953. The van der Waals surface area contributed by atoms with Crippen LogP contribution in [0.5, 0.6) is 0 Å². The summed E-state index contributed by atoms with van der Waals surface area (Å²) in [4.78, 5) is 17.7. The molecule has 0 aliphatic carbocycles. The molecule has 0 amide bonds. The highest BCUT2D eigenvalue weighted by Crippen LogP contribution is 2.29. The number of benzene rings is 1. The number of Topliss-reactive ketones (excluding diaryl/α,β-unsaturated/α-hetero) is 1. The first-order chi connectivity index (χ1) is 13.8. The second-order valence-corrected chi connectivity index (χ2v) is 8.90. The summed E-state index contributed by atoms with van der Waals surface area (Å²) in [6.45, 7) is 1.69. The Balaban J connectivity index is 1.42. The van der Waals surface area contributed by atoms with Gasteiger partial charge in [-0.05, 0) is 36.3 Å². The highest BCUT2D eigenvalue weighted by molar-refractivity contribution is 7.99. The van der Waals surface area contributed by atoms with E-state index in [-0.39, 0.29) is 11.9 Å². The average molecular weight is 413 g/mol. The van der Waals surface area contributed by atoms with Crippen molar-refractivity contribution >= 4 is 28.9 Å². The Labute approximate surface area is 174 Å². The maximum atomic E-state index is 12.2. The van der Waals surface area contributed by atoms with E-state index in [9.17, 15) is 4.79 Å². The molecule has 1 aliphatic heterocycles. The number of hydrogen-bond donors (Lipinski definition) is 0. The molecule has 2 aromatic heterocycles. The lowest BCUT2D eigenvalue weighted by Crippen LogP contribution is -2.16. The fourth-order valence-corrected chi connectivity index (χ4v) is 5.06. The van der Waals surface area contributed by atoms with Gasteiger partial charge in [-0.2, -0.15) is 0 Å². The molecule has 3 aromatic rings. The summed E-state index contributed by atoms with van der Waals surface area (Å²) in [5.74, 6) is 1.12. The van der Waals surface area contributed by atoms with E-state index in [0.717, 1.165) is 53.9 Å². The summed E-state index contributed by atoms with van der Waals surface area (Å²) in [5.41, 5.74) is 2.31. The molecule has 0 bridgehead atoms. The largest absolute Gasteiger partial charge is 0.376 e. The van der Waals surface area contributed by atoms with Crippen LogP contribution in [0.1, 0.15) is 35.4 Å². The van der Waals surface area contributed by atoms with Crippen molar-refractivity contribution in [3.63, 3.8) is 0 Å². The summed E-state index contributed by atoms with van der Waals surface area (Å²) in [6, 6.07) is 14.2. The number of aromatic nitrogens is 2. The van der Waals surface area contributed by atoms with Crippen molar-refractivity contribution in [3.8, 4) is 11.3 Å². The molecular formula is C22H24N2O2S2. The van der Waals surface area contributed by atoms with Crippen molar-refractivity contribution in [1.82, 2.24) is 9.55 Å². The molecule has 3 heterocycles. The molecule has 0 radical (unpaired) electrons. The zero-order chi connectivity index (χ0) is 19.2. The van der Waals surface area contributed by atoms with Gasteiger partial charge in [0.05, 0.1) is 29.4 Å².